The number of hydrogen-bond acceptors (Lipinski definition) is 10. The van der Waals surface area contributed by atoms with Crippen LogP contribution in [-0.4, -0.2) is 78.0 Å². The first kappa shape index (κ1) is 34.3. The molecule has 47 heavy (non-hydrogen) atoms. The van der Waals surface area contributed by atoms with Crippen molar-refractivity contribution in [2.24, 2.45) is 0 Å². The summed E-state index contributed by atoms with van der Waals surface area (Å²) in [6.45, 7) is 5.35. The molecule has 1 amide bonds. The molecule has 1 fully saturated rings. The standard InChI is InChI=1S/C30H32F4N6O5S2/c1-17-37-26(44-23-9-10-24(21-8-6-5-7-20(21)23)47(42,43)36-16-30(32,33)34)25(46-17)22-11-12-35-27(39-22)38-19-13-18(31)14-40(15-19)28(41)45-29(2,3)4/h5-12,18-19,36H,13-16H2,1-4H3,(H,35,38,39)/t18-,19-/m0/s1. The van der Waals surface area contributed by atoms with E-state index in [1.165, 1.54) is 40.6 Å². The van der Waals surface area contributed by atoms with Crippen LogP contribution in [-0.2, 0) is 14.8 Å². The molecular weight excluding hydrogens is 664 g/mol. The van der Waals surface area contributed by atoms with E-state index in [1.54, 1.807) is 56.7 Å². The molecule has 0 spiro atoms. The van der Waals surface area contributed by atoms with Gasteiger partial charge in [-0.15, -0.1) is 11.3 Å². The number of fused-ring (bicyclic) bond motifs is 1. The van der Waals surface area contributed by atoms with Crippen LogP contribution in [0, 0.1) is 6.92 Å². The van der Waals surface area contributed by atoms with E-state index in [9.17, 15) is 30.8 Å². The third kappa shape index (κ3) is 8.64. The van der Waals surface area contributed by atoms with E-state index in [2.05, 4.69) is 20.3 Å². The molecule has 2 aromatic heterocycles. The number of piperidine rings is 1. The largest absolute Gasteiger partial charge is 0.444 e. The first-order valence-electron chi connectivity index (χ1n) is 14.4. The minimum atomic E-state index is -4.73. The monoisotopic (exact) mass is 696 g/mol. The molecule has 1 saturated heterocycles. The van der Waals surface area contributed by atoms with Crippen molar-refractivity contribution in [2.45, 2.75) is 63.0 Å². The number of sulfonamides is 1. The topological polar surface area (TPSA) is 136 Å². The van der Waals surface area contributed by atoms with Gasteiger partial charge in [-0.1, -0.05) is 24.3 Å². The molecule has 11 nitrogen and oxygen atoms in total. The predicted molar refractivity (Wildman–Crippen MR) is 168 cm³/mol. The van der Waals surface area contributed by atoms with Gasteiger partial charge in [0.15, 0.2) is 0 Å². The summed E-state index contributed by atoms with van der Waals surface area (Å²) in [6, 6.07) is 9.92. The molecule has 2 aromatic carbocycles. The van der Waals surface area contributed by atoms with Gasteiger partial charge in [0.1, 0.15) is 28.9 Å². The number of aromatic nitrogens is 3. The van der Waals surface area contributed by atoms with E-state index in [0.29, 0.717) is 21.0 Å². The maximum absolute atomic E-state index is 14.6. The van der Waals surface area contributed by atoms with Crippen molar-refractivity contribution in [3.63, 3.8) is 0 Å². The molecule has 4 aromatic rings. The average molecular weight is 697 g/mol. The van der Waals surface area contributed by atoms with Crippen molar-refractivity contribution in [3.05, 3.63) is 53.7 Å². The van der Waals surface area contributed by atoms with E-state index < -0.39 is 46.7 Å². The Labute approximate surface area is 272 Å². The third-order valence-electron chi connectivity index (χ3n) is 6.78. The van der Waals surface area contributed by atoms with Crippen LogP contribution in [0.15, 0.2) is 53.6 Å². The molecule has 0 bridgehead atoms. The highest BCUT2D eigenvalue weighted by molar-refractivity contribution is 7.89. The third-order valence-corrected chi connectivity index (χ3v) is 9.21. The van der Waals surface area contributed by atoms with Crippen molar-refractivity contribution < 1.29 is 40.2 Å². The van der Waals surface area contributed by atoms with Crippen LogP contribution in [0.25, 0.3) is 21.3 Å². The number of thiazole rings is 1. The van der Waals surface area contributed by atoms with Crippen LogP contribution in [0.4, 0.5) is 28.3 Å². The fourth-order valence-corrected chi connectivity index (χ4v) is 6.96. The van der Waals surface area contributed by atoms with Gasteiger partial charge in [-0.3, -0.25) is 0 Å². The van der Waals surface area contributed by atoms with E-state index in [-0.39, 0.29) is 47.4 Å². The van der Waals surface area contributed by atoms with Crippen LogP contribution >= 0.6 is 11.3 Å². The van der Waals surface area contributed by atoms with Gasteiger partial charge in [0.2, 0.25) is 21.9 Å². The summed E-state index contributed by atoms with van der Waals surface area (Å²) in [5.41, 5.74) is -0.299. The smallest absolute Gasteiger partial charge is 0.410 e. The number of alkyl halides is 4. The first-order chi connectivity index (χ1) is 22.0. The van der Waals surface area contributed by atoms with Crippen LogP contribution in [0.2, 0.25) is 0 Å². The first-order valence-corrected chi connectivity index (χ1v) is 16.7. The van der Waals surface area contributed by atoms with Crippen LogP contribution < -0.4 is 14.8 Å². The minimum Gasteiger partial charge on any atom is -0.444 e. The number of anilines is 1. The van der Waals surface area contributed by atoms with E-state index in [4.69, 9.17) is 9.47 Å². The lowest BCUT2D eigenvalue weighted by molar-refractivity contribution is -0.121. The number of carbonyl (C=O) groups is 1. The van der Waals surface area contributed by atoms with Gasteiger partial charge in [0.25, 0.3) is 0 Å². The Morgan fingerprint density at radius 3 is 2.49 bits per heavy atom. The number of rotatable bonds is 8. The van der Waals surface area contributed by atoms with Crippen molar-refractivity contribution >= 4 is 44.2 Å². The molecule has 0 radical (unpaired) electrons. The molecule has 5 rings (SSSR count). The number of nitrogens with one attached hydrogen (secondary N) is 2. The van der Waals surface area contributed by atoms with Crippen LogP contribution in [0.3, 0.4) is 0 Å². The molecule has 0 unspecified atom stereocenters. The highest BCUT2D eigenvalue weighted by Gasteiger charge is 2.33. The normalized spacial score (nSPS) is 17.5. The lowest BCUT2D eigenvalue weighted by Gasteiger charge is -2.36. The van der Waals surface area contributed by atoms with Gasteiger partial charge >= 0.3 is 12.3 Å². The van der Waals surface area contributed by atoms with Gasteiger partial charge in [-0.25, -0.2) is 37.3 Å². The van der Waals surface area contributed by atoms with Crippen LogP contribution in [0.5, 0.6) is 11.6 Å². The van der Waals surface area contributed by atoms with E-state index in [1.807, 2.05) is 0 Å². The molecule has 17 heteroatoms. The average Bonchev–Trinajstić information content (AvgIpc) is 3.34. The Bertz CT molecular complexity index is 1880. The summed E-state index contributed by atoms with van der Waals surface area (Å²) in [7, 11) is -4.51. The SMILES string of the molecule is Cc1nc(Oc2ccc(S(=O)(=O)NCC(F)(F)F)c3ccccc23)c(-c2ccnc(N[C@H]3C[C@H](F)CN(C(=O)OC(C)(C)C)C3)n2)s1. The second kappa shape index (κ2) is 13.2. The van der Waals surface area contributed by atoms with Gasteiger partial charge in [0, 0.05) is 36.0 Å². The van der Waals surface area contributed by atoms with Gasteiger partial charge in [-0.2, -0.15) is 13.2 Å². The highest BCUT2D eigenvalue weighted by Crippen LogP contribution is 2.40. The van der Waals surface area contributed by atoms with E-state index >= 15 is 0 Å². The summed E-state index contributed by atoms with van der Waals surface area (Å²) in [5, 5.41) is 4.22. The second-order valence-electron chi connectivity index (χ2n) is 11.8. The highest BCUT2D eigenvalue weighted by atomic mass is 32.2. The second-order valence-corrected chi connectivity index (χ2v) is 14.8. The number of hydrogen-bond donors (Lipinski definition) is 2. The molecule has 0 saturated carbocycles. The zero-order chi connectivity index (χ0) is 34.1. The van der Waals surface area contributed by atoms with Crippen molar-refractivity contribution in [1.29, 1.82) is 0 Å². The molecule has 0 aliphatic carbocycles. The molecule has 252 valence electrons. The molecule has 3 heterocycles. The lowest BCUT2D eigenvalue weighted by Crippen LogP contribution is -2.51. The van der Waals surface area contributed by atoms with Gasteiger partial charge in [-0.05, 0) is 45.9 Å². The summed E-state index contributed by atoms with van der Waals surface area (Å²) in [6.07, 6.45) is -4.98. The minimum absolute atomic E-state index is 0.0828. The maximum Gasteiger partial charge on any atom is 0.410 e. The fourth-order valence-electron chi connectivity index (χ4n) is 4.92. The zero-order valence-electron chi connectivity index (χ0n) is 25.8. The van der Waals surface area contributed by atoms with Gasteiger partial charge in [0.05, 0.1) is 22.1 Å². The lowest BCUT2D eigenvalue weighted by atomic mass is 10.0. The van der Waals surface area contributed by atoms with E-state index in [0.717, 1.165) is 0 Å². The number of aryl methyl sites for hydroxylation is 1. The Balaban J connectivity index is 1.39. The number of nitrogens with zero attached hydrogens (tertiary/aromatic N) is 4. The molecular formula is C30H32F4N6O5S2. The zero-order valence-corrected chi connectivity index (χ0v) is 27.4. The summed E-state index contributed by atoms with van der Waals surface area (Å²) in [4.78, 5) is 27.4. The number of halogens is 4. The van der Waals surface area contributed by atoms with Crippen molar-refractivity contribution in [3.8, 4) is 22.2 Å². The molecule has 1 aliphatic heterocycles. The number of amides is 1. The van der Waals surface area contributed by atoms with Crippen LogP contribution in [0.1, 0.15) is 32.2 Å². The molecule has 2 N–H and O–H groups in total. The maximum atomic E-state index is 14.6. The molecule has 1 aliphatic rings. The predicted octanol–water partition coefficient (Wildman–Crippen LogP) is 6.45. The molecule has 2 atom stereocenters. The Hall–Kier alpha value is -4.09. The summed E-state index contributed by atoms with van der Waals surface area (Å²) in [5.74, 6) is 0.563. The van der Waals surface area contributed by atoms with Gasteiger partial charge < -0.3 is 19.7 Å². The Kier molecular flexibility index (Phi) is 9.62. The number of likely N-dealkylation sites (tertiary alicyclic amines) is 1. The number of benzene rings is 2. The Morgan fingerprint density at radius 2 is 1.79 bits per heavy atom. The summed E-state index contributed by atoms with van der Waals surface area (Å²) < 4.78 is 91.6. The van der Waals surface area contributed by atoms with Crippen molar-refractivity contribution in [1.82, 2.24) is 24.6 Å². The number of ether oxygens (including phenoxy) is 2. The quantitative estimate of drug-likeness (QED) is 0.199. The Morgan fingerprint density at radius 1 is 1.06 bits per heavy atom. The fraction of sp³-hybridized carbons (Fsp3) is 0.400. The van der Waals surface area contributed by atoms with Crippen molar-refractivity contribution in [2.75, 3.05) is 25.0 Å². The number of carbonyl (C=O) groups excluding carboxylic acids is 1. The summed E-state index contributed by atoms with van der Waals surface area (Å²) >= 11 is 1.28.